The SMILES string of the molecule is CC1CC/C(c2cc(-n3c4cc5ccccc5cc4c4cc5ccccc5cc43)c3oc4ccccc4c3c2)=N\C(c2cccc3c2oc2ccccc23)=N/C1c1cccc(-c2ccccc2)c1. The van der Waals surface area contributed by atoms with Gasteiger partial charge in [0.15, 0.2) is 11.4 Å². The number of amidine groups is 1. The number of hydrogen-bond donors (Lipinski definition) is 0. The molecule has 4 heterocycles. The summed E-state index contributed by atoms with van der Waals surface area (Å²) in [4.78, 5) is 11.5. The van der Waals surface area contributed by atoms with Crippen molar-refractivity contribution in [2.45, 2.75) is 25.8 Å². The van der Waals surface area contributed by atoms with Crippen LogP contribution in [0.25, 0.3) is 104 Å². The maximum absolute atomic E-state index is 6.96. The quantitative estimate of drug-likeness (QED) is 0.173. The molecule has 0 radical (unpaired) electrons. The standard InChI is InChI=1S/C63H43N3O2/c1-38-29-30-54(64-63(50-26-14-25-49-47-23-9-11-27-58(47)67-61(49)50)65-60(38)45-22-13-21-40(31-45)39-15-3-2-4-16-39)46-34-53-48-24-10-12-28-59(48)68-62(53)57(37-46)66-55-35-43-19-7-5-17-41(43)32-51(55)52-33-42-18-6-8-20-44(42)36-56(52)66/h2-28,31-38,60H,29-30H2,1H3/b64-54+,65-63-. The number of aromatic nitrogens is 1. The molecule has 68 heavy (non-hydrogen) atoms. The zero-order valence-corrected chi connectivity index (χ0v) is 37.4. The van der Waals surface area contributed by atoms with Crippen LogP contribution in [0, 0.1) is 5.92 Å². The third kappa shape index (κ3) is 6.16. The molecule has 1 aliphatic heterocycles. The van der Waals surface area contributed by atoms with Crippen molar-refractivity contribution >= 4 is 98.8 Å². The molecular formula is C63H43N3O2. The first-order chi connectivity index (χ1) is 33.6. The number of rotatable bonds is 5. The van der Waals surface area contributed by atoms with Crippen LogP contribution >= 0.6 is 0 Å². The zero-order valence-electron chi connectivity index (χ0n) is 37.4. The van der Waals surface area contributed by atoms with Crippen molar-refractivity contribution in [2.24, 2.45) is 15.9 Å². The summed E-state index contributed by atoms with van der Waals surface area (Å²) in [5.41, 5.74) is 13.0. The summed E-state index contributed by atoms with van der Waals surface area (Å²) in [6, 6.07) is 73.8. The number of para-hydroxylation sites is 3. The Morgan fingerprint density at radius 2 is 1.03 bits per heavy atom. The van der Waals surface area contributed by atoms with E-state index < -0.39 is 0 Å². The van der Waals surface area contributed by atoms with E-state index in [1.807, 2.05) is 12.1 Å². The summed E-state index contributed by atoms with van der Waals surface area (Å²) in [5, 5.41) is 11.5. The predicted molar refractivity (Wildman–Crippen MR) is 283 cm³/mol. The summed E-state index contributed by atoms with van der Waals surface area (Å²) in [5.74, 6) is 0.855. The van der Waals surface area contributed by atoms with Gasteiger partial charge in [-0.3, -0.25) is 4.99 Å². The topological polar surface area (TPSA) is 55.9 Å². The van der Waals surface area contributed by atoms with Crippen LogP contribution in [0.3, 0.4) is 0 Å². The van der Waals surface area contributed by atoms with Crippen LogP contribution in [0.4, 0.5) is 0 Å². The van der Waals surface area contributed by atoms with E-state index in [-0.39, 0.29) is 12.0 Å². The molecule has 5 nitrogen and oxygen atoms in total. The van der Waals surface area contributed by atoms with Crippen LogP contribution in [-0.4, -0.2) is 16.1 Å². The lowest BCUT2D eigenvalue weighted by Gasteiger charge is -2.25. The Bertz CT molecular complexity index is 4150. The average Bonchev–Trinajstić information content (AvgIpc) is 4.06. The molecule has 0 bridgehead atoms. The Morgan fingerprint density at radius 3 is 1.74 bits per heavy atom. The van der Waals surface area contributed by atoms with Gasteiger partial charge in [-0.15, -0.1) is 0 Å². The van der Waals surface area contributed by atoms with E-state index in [1.54, 1.807) is 0 Å². The zero-order chi connectivity index (χ0) is 44.9. The molecule has 0 saturated heterocycles. The van der Waals surface area contributed by atoms with E-state index in [9.17, 15) is 0 Å². The Balaban J connectivity index is 1.04. The van der Waals surface area contributed by atoms with Gasteiger partial charge in [0, 0.05) is 32.3 Å². The van der Waals surface area contributed by atoms with E-state index in [1.165, 1.54) is 49.0 Å². The summed E-state index contributed by atoms with van der Waals surface area (Å²) in [6.45, 7) is 2.34. The molecule has 0 aliphatic carbocycles. The van der Waals surface area contributed by atoms with Crippen molar-refractivity contribution in [1.82, 2.24) is 4.57 Å². The lowest BCUT2D eigenvalue weighted by Crippen LogP contribution is -2.18. The molecule has 1 aliphatic rings. The Morgan fingerprint density at radius 1 is 0.456 bits per heavy atom. The fourth-order valence-electron chi connectivity index (χ4n) is 11.0. The molecule has 0 amide bonds. The third-order valence-electron chi connectivity index (χ3n) is 14.4. The van der Waals surface area contributed by atoms with Crippen molar-refractivity contribution in [3.63, 3.8) is 0 Å². The lowest BCUT2D eigenvalue weighted by molar-refractivity contribution is 0.446. The highest BCUT2D eigenvalue weighted by Gasteiger charge is 2.28. The second-order valence-electron chi connectivity index (χ2n) is 18.5. The van der Waals surface area contributed by atoms with E-state index in [0.29, 0.717) is 5.84 Å². The lowest BCUT2D eigenvalue weighted by atomic mass is 9.87. The number of hydrogen-bond acceptors (Lipinski definition) is 4. The first kappa shape index (κ1) is 38.7. The van der Waals surface area contributed by atoms with E-state index >= 15 is 0 Å². The molecule has 0 saturated carbocycles. The van der Waals surface area contributed by atoms with Crippen LogP contribution < -0.4 is 0 Å². The van der Waals surface area contributed by atoms with Crippen molar-refractivity contribution in [2.75, 3.05) is 0 Å². The fourth-order valence-corrected chi connectivity index (χ4v) is 11.0. The molecule has 0 N–H and O–H groups in total. The van der Waals surface area contributed by atoms with Gasteiger partial charge in [-0.2, -0.15) is 0 Å². The second kappa shape index (κ2) is 15.3. The molecule has 0 spiro atoms. The first-order valence-corrected chi connectivity index (χ1v) is 23.6. The Kier molecular flexibility index (Phi) is 8.69. The summed E-state index contributed by atoms with van der Waals surface area (Å²) in [7, 11) is 0. The van der Waals surface area contributed by atoms with E-state index in [2.05, 4.69) is 206 Å². The number of aliphatic imine (C=N–C) groups is 2. The Hall–Kier alpha value is -8.54. The van der Waals surface area contributed by atoms with Gasteiger partial charge in [-0.05, 0) is 123 Å². The Labute approximate surface area is 391 Å². The van der Waals surface area contributed by atoms with Gasteiger partial charge in [0.1, 0.15) is 16.7 Å². The van der Waals surface area contributed by atoms with E-state index in [4.69, 9.17) is 18.8 Å². The fraction of sp³-hybridized carbons (Fsp3) is 0.0794. The molecule has 0 fully saturated rings. The van der Waals surface area contributed by atoms with Gasteiger partial charge in [0.25, 0.3) is 0 Å². The van der Waals surface area contributed by atoms with Gasteiger partial charge in [-0.25, -0.2) is 4.99 Å². The monoisotopic (exact) mass is 873 g/mol. The van der Waals surface area contributed by atoms with Crippen LogP contribution in [0.1, 0.15) is 42.5 Å². The summed E-state index contributed by atoms with van der Waals surface area (Å²) in [6.07, 6.45) is 1.63. The van der Waals surface area contributed by atoms with Crippen LogP contribution in [0.2, 0.25) is 0 Å². The predicted octanol–water partition coefficient (Wildman–Crippen LogP) is 17.0. The molecular weight excluding hydrogens is 831 g/mol. The van der Waals surface area contributed by atoms with Gasteiger partial charge >= 0.3 is 0 Å². The molecule has 14 rings (SSSR count). The molecule has 3 aromatic heterocycles. The highest BCUT2D eigenvalue weighted by Crippen LogP contribution is 2.43. The number of fused-ring (bicyclic) bond motifs is 11. The molecule has 5 heteroatoms. The maximum Gasteiger partial charge on any atom is 0.159 e. The normalized spacial score (nSPS) is 17.3. The number of benzene rings is 10. The van der Waals surface area contributed by atoms with Crippen molar-refractivity contribution in [3.05, 3.63) is 223 Å². The molecule has 322 valence electrons. The summed E-state index contributed by atoms with van der Waals surface area (Å²) < 4.78 is 16.1. The van der Waals surface area contributed by atoms with Crippen molar-refractivity contribution in [1.29, 1.82) is 0 Å². The van der Waals surface area contributed by atoms with Crippen molar-refractivity contribution in [3.8, 4) is 16.8 Å². The van der Waals surface area contributed by atoms with E-state index in [0.717, 1.165) is 90.3 Å². The highest BCUT2D eigenvalue weighted by atomic mass is 16.3. The minimum atomic E-state index is -0.142. The molecule has 2 atom stereocenters. The van der Waals surface area contributed by atoms with Gasteiger partial charge in [-0.1, -0.05) is 153 Å². The average molecular weight is 874 g/mol. The highest BCUT2D eigenvalue weighted by molar-refractivity contribution is 6.22. The molecule has 13 aromatic rings. The van der Waals surface area contributed by atoms with Gasteiger partial charge in [0.05, 0.1) is 34.0 Å². The second-order valence-corrected chi connectivity index (χ2v) is 18.5. The van der Waals surface area contributed by atoms with Crippen LogP contribution in [0.5, 0.6) is 0 Å². The van der Waals surface area contributed by atoms with Crippen LogP contribution in [-0.2, 0) is 0 Å². The van der Waals surface area contributed by atoms with Crippen molar-refractivity contribution < 1.29 is 8.83 Å². The minimum Gasteiger partial charge on any atom is -0.455 e. The largest absolute Gasteiger partial charge is 0.455 e. The number of furan rings is 2. The van der Waals surface area contributed by atoms with Gasteiger partial charge < -0.3 is 13.4 Å². The minimum absolute atomic E-state index is 0.142. The smallest absolute Gasteiger partial charge is 0.159 e. The van der Waals surface area contributed by atoms with Crippen LogP contribution in [0.15, 0.2) is 225 Å². The molecule has 10 aromatic carbocycles. The number of nitrogens with zero attached hydrogens (tertiary/aromatic N) is 3. The summed E-state index contributed by atoms with van der Waals surface area (Å²) >= 11 is 0. The molecule has 2 unspecified atom stereocenters. The maximum atomic E-state index is 6.96. The first-order valence-electron chi connectivity index (χ1n) is 23.6. The van der Waals surface area contributed by atoms with Gasteiger partial charge in [0.2, 0.25) is 0 Å². The third-order valence-corrected chi connectivity index (χ3v) is 14.4.